The standard InChI is InChI=1S/C18H22N2O2/c1-19(12-11-18(21)22)14-15-7-6-10-17(13-15)20(2)16-8-4-3-5-9-16/h3-10,13H,11-12,14H2,1-2H3,(H,21,22). The van der Waals surface area contributed by atoms with E-state index in [1.54, 1.807) is 0 Å². The normalized spacial score (nSPS) is 10.7. The molecule has 0 radical (unpaired) electrons. The number of carbonyl (C=O) groups is 1. The molecule has 0 amide bonds. The van der Waals surface area contributed by atoms with Crippen LogP contribution in [0.15, 0.2) is 54.6 Å². The zero-order valence-corrected chi connectivity index (χ0v) is 13.1. The highest BCUT2D eigenvalue weighted by molar-refractivity contribution is 5.66. The Morgan fingerprint density at radius 1 is 1.00 bits per heavy atom. The van der Waals surface area contributed by atoms with Gasteiger partial charge in [-0.1, -0.05) is 30.3 Å². The second kappa shape index (κ2) is 7.61. The second-order valence-electron chi connectivity index (χ2n) is 5.45. The zero-order chi connectivity index (χ0) is 15.9. The molecule has 4 heteroatoms. The maximum atomic E-state index is 10.6. The van der Waals surface area contributed by atoms with E-state index in [-0.39, 0.29) is 6.42 Å². The molecule has 0 saturated heterocycles. The molecule has 0 aromatic heterocycles. The molecule has 0 spiro atoms. The topological polar surface area (TPSA) is 43.8 Å². The number of carboxylic acids is 1. The van der Waals surface area contributed by atoms with Gasteiger partial charge in [0.1, 0.15) is 0 Å². The SMILES string of the molecule is CN(CCC(=O)O)Cc1cccc(N(C)c2ccccc2)c1. The first-order valence-electron chi connectivity index (χ1n) is 7.34. The van der Waals surface area contributed by atoms with Gasteiger partial charge in [-0.25, -0.2) is 0 Å². The van der Waals surface area contributed by atoms with Gasteiger partial charge in [-0.15, -0.1) is 0 Å². The third-order valence-electron chi connectivity index (χ3n) is 3.60. The lowest BCUT2D eigenvalue weighted by Crippen LogP contribution is -2.21. The quantitative estimate of drug-likeness (QED) is 0.851. The second-order valence-corrected chi connectivity index (χ2v) is 5.45. The first kappa shape index (κ1) is 16.0. The first-order chi connectivity index (χ1) is 10.6. The molecule has 1 N–H and O–H groups in total. The molecule has 2 aromatic rings. The minimum atomic E-state index is -0.760. The average Bonchev–Trinajstić information content (AvgIpc) is 2.53. The smallest absolute Gasteiger partial charge is 0.304 e. The van der Waals surface area contributed by atoms with E-state index in [0.29, 0.717) is 6.54 Å². The molecule has 2 aromatic carbocycles. The van der Waals surface area contributed by atoms with Crippen molar-refractivity contribution < 1.29 is 9.90 Å². The van der Waals surface area contributed by atoms with Crippen molar-refractivity contribution in [3.8, 4) is 0 Å². The van der Waals surface area contributed by atoms with Crippen LogP contribution in [0.4, 0.5) is 11.4 Å². The highest BCUT2D eigenvalue weighted by atomic mass is 16.4. The Morgan fingerprint density at radius 2 is 1.68 bits per heavy atom. The number of hydrogen-bond acceptors (Lipinski definition) is 3. The number of rotatable bonds is 7. The minimum Gasteiger partial charge on any atom is -0.481 e. The van der Waals surface area contributed by atoms with Crippen LogP contribution in [-0.4, -0.2) is 36.6 Å². The van der Waals surface area contributed by atoms with E-state index < -0.39 is 5.97 Å². The molecule has 22 heavy (non-hydrogen) atoms. The summed E-state index contributed by atoms with van der Waals surface area (Å²) in [4.78, 5) is 14.8. The van der Waals surface area contributed by atoms with Gasteiger partial charge in [0, 0.05) is 31.5 Å². The van der Waals surface area contributed by atoms with Crippen molar-refractivity contribution in [1.29, 1.82) is 0 Å². The molecule has 0 aliphatic carbocycles. The number of hydrogen-bond donors (Lipinski definition) is 1. The van der Waals surface area contributed by atoms with Gasteiger partial charge in [-0.2, -0.15) is 0 Å². The van der Waals surface area contributed by atoms with Crippen LogP contribution in [0.3, 0.4) is 0 Å². The molecule has 0 atom stereocenters. The van der Waals surface area contributed by atoms with Crippen molar-refractivity contribution in [2.75, 3.05) is 25.5 Å². The molecule has 0 aliphatic heterocycles. The fourth-order valence-electron chi connectivity index (χ4n) is 2.34. The Balaban J connectivity index is 2.05. The molecule has 0 heterocycles. The van der Waals surface area contributed by atoms with Gasteiger partial charge >= 0.3 is 5.97 Å². The summed E-state index contributed by atoms with van der Waals surface area (Å²) < 4.78 is 0. The van der Waals surface area contributed by atoms with Crippen LogP contribution >= 0.6 is 0 Å². The van der Waals surface area contributed by atoms with Gasteiger partial charge < -0.3 is 14.9 Å². The summed E-state index contributed by atoms with van der Waals surface area (Å²) in [7, 11) is 3.99. The highest BCUT2D eigenvalue weighted by Crippen LogP contribution is 2.24. The van der Waals surface area contributed by atoms with Gasteiger partial charge in [0.2, 0.25) is 0 Å². The number of aliphatic carboxylic acids is 1. The molecule has 116 valence electrons. The summed E-state index contributed by atoms with van der Waals surface area (Å²) >= 11 is 0. The fraction of sp³-hybridized carbons (Fsp3) is 0.278. The molecular formula is C18H22N2O2. The summed E-state index contributed by atoms with van der Waals surface area (Å²) in [5.74, 6) is -0.760. The maximum Gasteiger partial charge on any atom is 0.304 e. The molecule has 0 saturated carbocycles. The summed E-state index contributed by atoms with van der Waals surface area (Å²) in [6.07, 6.45) is 0.167. The van der Waals surface area contributed by atoms with Crippen molar-refractivity contribution >= 4 is 17.3 Å². The summed E-state index contributed by atoms with van der Waals surface area (Å²) in [5.41, 5.74) is 3.43. The predicted molar refractivity (Wildman–Crippen MR) is 89.5 cm³/mol. The van der Waals surface area contributed by atoms with Crippen LogP contribution in [0.1, 0.15) is 12.0 Å². The van der Waals surface area contributed by atoms with Crippen LogP contribution in [-0.2, 0) is 11.3 Å². The van der Waals surface area contributed by atoms with Gasteiger partial charge in [0.15, 0.2) is 0 Å². The Hall–Kier alpha value is -2.33. The van der Waals surface area contributed by atoms with Gasteiger partial charge in [-0.3, -0.25) is 4.79 Å². The van der Waals surface area contributed by atoms with Gasteiger partial charge in [0.25, 0.3) is 0 Å². The van der Waals surface area contributed by atoms with E-state index in [0.717, 1.165) is 17.9 Å². The Morgan fingerprint density at radius 3 is 2.36 bits per heavy atom. The molecule has 0 bridgehead atoms. The number of para-hydroxylation sites is 1. The van der Waals surface area contributed by atoms with E-state index in [9.17, 15) is 4.79 Å². The predicted octanol–water partition coefficient (Wildman–Crippen LogP) is 3.36. The molecule has 0 aliphatic rings. The zero-order valence-electron chi connectivity index (χ0n) is 13.1. The summed E-state index contributed by atoms with van der Waals surface area (Å²) in [6, 6.07) is 18.5. The molecule has 2 rings (SSSR count). The van der Waals surface area contributed by atoms with E-state index in [1.807, 2.05) is 43.3 Å². The number of benzene rings is 2. The van der Waals surface area contributed by atoms with Crippen molar-refractivity contribution in [3.05, 3.63) is 60.2 Å². The molecule has 0 fully saturated rings. The lowest BCUT2D eigenvalue weighted by atomic mass is 10.1. The van der Waals surface area contributed by atoms with Crippen molar-refractivity contribution in [2.45, 2.75) is 13.0 Å². The van der Waals surface area contributed by atoms with E-state index in [4.69, 9.17) is 5.11 Å². The molecule has 4 nitrogen and oxygen atoms in total. The number of anilines is 2. The largest absolute Gasteiger partial charge is 0.481 e. The van der Waals surface area contributed by atoms with Crippen molar-refractivity contribution in [3.63, 3.8) is 0 Å². The van der Waals surface area contributed by atoms with Crippen LogP contribution in [0.2, 0.25) is 0 Å². The summed E-state index contributed by atoms with van der Waals surface area (Å²) in [5, 5.41) is 8.74. The Labute approximate surface area is 131 Å². The lowest BCUT2D eigenvalue weighted by molar-refractivity contribution is -0.137. The van der Waals surface area contributed by atoms with E-state index in [1.165, 1.54) is 5.56 Å². The van der Waals surface area contributed by atoms with Crippen molar-refractivity contribution in [2.24, 2.45) is 0 Å². The lowest BCUT2D eigenvalue weighted by Gasteiger charge is -2.21. The third-order valence-corrected chi connectivity index (χ3v) is 3.60. The number of carboxylic acid groups (broad SMARTS) is 1. The molecule has 0 unspecified atom stereocenters. The van der Waals surface area contributed by atoms with Gasteiger partial charge in [0.05, 0.1) is 6.42 Å². The maximum absolute atomic E-state index is 10.6. The third kappa shape index (κ3) is 4.60. The van der Waals surface area contributed by atoms with E-state index >= 15 is 0 Å². The molecular weight excluding hydrogens is 276 g/mol. The average molecular weight is 298 g/mol. The van der Waals surface area contributed by atoms with E-state index in [2.05, 4.69) is 35.2 Å². The van der Waals surface area contributed by atoms with Gasteiger partial charge in [-0.05, 0) is 36.9 Å². The Bertz CT molecular complexity index is 613. The van der Waals surface area contributed by atoms with Crippen molar-refractivity contribution in [1.82, 2.24) is 4.90 Å². The van der Waals surface area contributed by atoms with Crippen LogP contribution in [0, 0.1) is 0 Å². The van der Waals surface area contributed by atoms with Crippen LogP contribution in [0.5, 0.6) is 0 Å². The fourth-order valence-corrected chi connectivity index (χ4v) is 2.34. The minimum absolute atomic E-state index is 0.167. The van der Waals surface area contributed by atoms with Crippen LogP contribution < -0.4 is 4.90 Å². The first-order valence-corrected chi connectivity index (χ1v) is 7.34. The number of nitrogens with zero attached hydrogens (tertiary/aromatic N) is 2. The highest BCUT2D eigenvalue weighted by Gasteiger charge is 2.07. The summed E-state index contributed by atoms with van der Waals surface area (Å²) in [6.45, 7) is 1.29. The van der Waals surface area contributed by atoms with Crippen LogP contribution in [0.25, 0.3) is 0 Å². The monoisotopic (exact) mass is 298 g/mol. The Kier molecular flexibility index (Phi) is 5.55.